The fourth-order valence-electron chi connectivity index (χ4n) is 2.58. The molecule has 0 bridgehead atoms. The van der Waals surface area contributed by atoms with Gasteiger partial charge < -0.3 is 9.29 Å². The first-order valence-corrected chi connectivity index (χ1v) is 11.1. The van der Waals surface area contributed by atoms with Gasteiger partial charge in [0.15, 0.2) is 0 Å². The molecule has 146 valence electrons. The zero-order valence-electron chi connectivity index (χ0n) is 16.5. The molecule has 7 heteroatoms. The van der Waals surface area contributed by atoms with Crippen LogP contribution in [0.5, 0.6) is 0 Å². The van der Waals surface area contributed by atoms with E-state index < -0.39 is 10.4 Å². The second-order valence-electron chi connectivity index (χ2n) is 6.44. The first-order valence-electron chi connectivity index (χ1n) is 9.74. The summed E-state index contributed by atoms with van der Waals surface area (Å²) in [7, 11) is -4.45. The van der Waals surface area contributed by atoms with E-state index in [1.165, 1.54) is 77.0 Å². The average Bonchev–Trinajstić information content (AvgIpc) is 2.53. The minimum atomic E-state index is -4.45. The first kappa shape index (κ1) is 27.6. The standard InChI is InChI=1S/C14H28O.C4H10O4S.Li/c1-2-4-6-8-10-12-14-15-13-11-9-7-5-3-1;1-2-3-4-8-9(5,6)7;/h1-14H2;2-4H2,1H3,(H,5,6,7);/q;;+1/p-1. The Morgan fingerprint density at radius 1 is 0.800 bits per heavy atom. The third-order valence-electron chi connectivity index (χ3n) is 4.05. The van der Waals surface area contributed by atoms with Crippen molar-refractivity contribution in [1.29, 1.82) is 0 Å². The SMILES string of the molecule is C1CCCCCCCOCCCCCC1.CCCCOS(=O)(=O)[O-].[Li+]. The molecule has 0 aromatic rings. The summed E-state index contributed by atoms with van der Waals surface area (Å²) in [5, 5.41) is 0. The van der Waals surface area contributed by atoms with Crippen LogP contribution < -0.4 is 18.9 Å². The molecule has 1 heterocycles. The Morgan fingerprint density at radius 2 is 1.16 bits per heavy atom. The van der Waals surface area contributed by atoms with E-state index in [0.717, 1.165) is 19.6 Å². The summed E-state index contributed by atoms with van der Waals surface area (Å²) < 4.78 is 38.7. The molecule has 1 aliphatic heterocycles. The normalized spacial score (nSPS) is 18.6. The van der Waals surface area contributed by atoms with E-state index in [2.05, 4.69) is 4.18 Å². The Hall–Kier alpha value is 0.427. The summed E-state index contributed by atoms with van der Waals surface area (Å²) in [5.74, 6) is 0. The van der Waals surface area contributed by atoms with Crippen molar-refractivity contribution in [3.05, 3.63) is 0 Å². The van der Waals surface area contributed by atoms with E-state index in [4.69, 9.17) is 4.74 Å². The van der Waals surface area contributed by atoms with Gasteiger partial charge >= 0.3 is 18.9 Å². The Bertz CT molecular complexity index is 291. The van der Waals surface area contributed by atoms with Gasteiger partial charge in [-0.1, -0.05) is 77.6 Å². The molecule has 5 nitrogen and oxygen atoms in total. The third-order valence-corrected chi connectivity index (χ3v) is 4.51. The van der Waals surface area contributed by atoms with Gasteiger partial charge in [-0.25, -0.2) is 8.42 Å². The molecule has 0 aromatic carbocycles. The summed E-state index contributed by atoms with van der Waals surface area (Å²) in [6.07, 6.45) is 18.3. The van der Waals surface area contributed by atoms with Gasteiger partial charge in [-0.3, -0.25) is 4.18 Å². The number of hydrogen-bond acceptors (Lipinski definition) is 5. The summed E-state index contributed by atoms with van der Waals surface area (Å²) in [5.41, 5.74) is 0. The predicted octanol–water partition coefficient (Wildman–Crippen LogP) is 1.97. The number of unbranched alkanes of at least 4 members (excludes halogenated alkanes) is 1. The van der Waals surface area contributed by atoms with Crippen molar-refractivity contribution >= 4 is 10.4 Å². The van der Waals surface area contributed by atoms with Gasteiger partial charge in [0.05, 0.1) is 6.61 Å². The van der Waals surface area contributed by atoms with Crippen LogP contribution in [-0.2, 0) is 19.3 Å². The zero-order valence-corrected chi connectivity index (χ0v) is 17.3. The van der Waals surface area contributed by atoms with Crippen molar-refractivity contribution in [1.82, 2.24) is 0 Å². The summed E-state index contributed by atoms with van der Waals surface area (Å²) in [6, 6.07) is 0. The molecule has 1 saturated heterocycles. The summed E-state index contributed by atoms with van der Waals surface area (Å²) in [6.45, 7) is 3.88. The molecular weight excluding hydrogens is 335 g/mol. The van der Waals surface area contributed by atoms with Crippen molar-refractivity contribution < 1.29 is 40.8 Å². The maximum Gasteiger partial charge on any atom is 1.00 e. The molecule has 0 amide bonds. The average molecular weight is 372 g/mol. The molecule has 1 fully saturated rings. The minimum absolute atomic E-state index is 0. The van der Waals surface area contributed by atoms with Crippen LogP contribution in [-0.4, -0.2) is 32.8 Å². The van der Waals surface area contributed by atoms with Crippen molar-refractivity contribution in [2.45, 2.75) is 96.8 Å². The molecule has 0 unspecified atom stereocenters. The monoisotopic (exact) mass is 372 g/mol. The topological polar surface area (TPSA) is 75.7 Å². The fraction of sp³-hybridized carbons (Fsp3) is 1.00. The van der Waals surface area contributed by atoms with Crippen LogP contribution in [0.25, 0.3) is 0 Å². The molecular formula is C18H37LiO5S. The molecule has 0 N–H and O–H groups in total. The maximum absolute atomic E-state index is 9.73. The smallest absolute Gasteiger partial charge is 0.726 e. The van der Waals surface area contributed by atoms with Crippen LogP contribution in [0, 0.1) is 0 Å². The van der Waals surface area contributed by atoms with E-state index >= 15 is 0 Å². The largest absolute Gasteiger partial charge is 1.00 e. The van der Waals surface area contributed by atoms with Crippen LogP contribution in [0.1, 0.15) is 96.8 Å². The van der Waals surface area contributed by atoms with Crippen molar-refractivity contribution in [3.8, 4) is 0 Å². The number of hydrogen-bond donors (Lipinski definition) is 0. The van der Waals surface area contributed by atoms with Gasteiger partial charge in [-0.15, -0.1) is 0 Å². The third kappa shape index (κ3) is 26.8. The molecule has 0 aromatic heterocycles. The van der Waals surface area contributed by atoms with E-state index in [9.17, 15) is 13.0 Å². The maximum atomic E-state index is 9.73. The Balaban J connectivity index is 0. The van der Waals surface area contributed by atoms with Crippen molar-refractivity contribution in [2.24, 2.45) is 0 Å². The molecule has 0 atom stereocenters. The van der Waals surface area contributed by atoms with Crippen LogP contribution in [0.3, 0.4) is 0 Å². The Kier molecular flexibility index (Phi) is 22.9. The molecule has 0 spiro atoms. The van der Waals surface area contributed by atoms with Gasteiger partial charge in [0.2, 0.25) is 10.4 Å². The molecule has 25 heavy (non-hydrogen) atoms. The van der Waals surface area contributed by atoms with Crippen molar-refractivity contribution in [3.63, 3.8) is 0 Å². The van der Waals surface area contributed by atoms with E-state index in [1.807, 2.05) is 6.92 Å². The first-order chi connectivity index (χ1) is 11.6. The molecule has 1 rings (SSSR count). The van der Waals surface area contributed by atoms with Gasteiger partial charge in [0, 0.05) is 13.2 Å². The zero-order chi connectivity index (χ0) is 17.9. The Labute approximate surface area is 167 Å². The fourth-order valence-corrected chi connectivity index (χ4v) is 2.91. The summed E-state index contributed by atoms with van der Waals surface area (Å²) >= 11 is 0. The van der Waals surface area contributed by atoms with E-state index in [0.29, 0.717) is 6.42 Å². The van der Waals surface area contributed by atoms with E-state index in [1.54, 1.807) is 0 Å². The minimum Gasteiger partial charge on any atom is -0.726 e. The Morgan fingerprint density at radius 3 is 1.48 bits per heavy atom. The van der Waals surface area contributed by atoms with Gasteiger partial charge in [0.1, 0.15) is 0 Å². The van der Waals surface area contributed by atoms with Crippen LogP contribution in [0.2, 0.25) is 0 Å². The molecule has 0 saturated carbocycles. The molecule has 0 aliphatic carbocycles. The molecule has 0 radical (unpaired) electrons. The quantitative estimate of drug-likeness (QED) is 0.326. The van der Waals surface area contributed by atoms with Gasteiger partial charge in [-0.05, 0) is 19.3 Å². The second kappa shape index (κ2) is 20.7. The number of ether oxygens (including phenoxy) is 1. The van der Waals surface area contributed by atoms with Crippen LogP contribution >= 0.6 is 0 Å². The van der Waals surface area contributed by atoms with Gasteiger partial charge in [-0.2, -0.15) is 0 Å². The summed E-state index contributed by atoms with van der Waals surface area (Å²) in [4.78, 5) is 0. The van der Waals surface area contributed by atoms with Crippen molar-refractivity contribution in [2.75, 3.05) is 19.8 Å². The molecule has 1 aliphatic rings. The second-order valence-corrected chi connectivity index (χ2v) is 7.49. The van der Waals surface area contributed by atoms with Crippen LogP contribution in [0.15, 0.2) is 0 Å². The number of rotatable bonds is 4. The predicted molar refractivity (Wildman–Crippen MR) is 96.8 cm³/mol. The van der Waals surface area contributed by atoms with E-state index in [-0.39, 0.29) is 25.5 Å². The van der Waals surface area contributed by atoms with Gasteiger partial charge in [0.25, 0.3) is 0 Å². The van der Waals surface area contributed by atoms with Crippen LogP contribution in [0.4, 0.5) is 0 Å².